The van der Waals surface area contributed by atoms with Gasteiger partial charge in [0.25, 0.3) is 0 Å². The molecule has 0 aromatic heterocycles. The van der Waals surface area contributed by atoms with E-state index >= 15 is 0 Å². The maximum absolute atomic E-state index is 9.27. The maximum atomic E-state index is 9.27. The fraction of sp³-hybridized carbons (Fsp3) is 1.00. The summed E-state index contributed by atoms with van der Waals surface area (Å²) in [6, 6.07) is 0. The largest absolute Gasteiger partial charge is 0.396 e. The number of likely N-dealkylation sites (tertiary alicyclic amines) is 1. The normalized spacial score (nSPS) is 27.4. The minimum Gasteiger partial charge on any atom is -0.396 e. The van der Waals surface area contributed by atoms with Gasteiger partial charge in [-0.15, -0.1) is 0 Å². The summed E-state index contributed by atoms with van der Waals surface area (Å²) in [5.41, 5.74) is 0.198. The van der Waals surface area contributed by atoms with Crippen LogP contribution in [-0.4, -0.2) is 35.2 Å². The molecule has 14 heavy (non-hydrogen) atoms. The van der Waals surface area contributed by atoms with E-state index in [-0.39, 0.29) is 5.54 Å². The lowest BCUT2D eigenvalue weighted by molar-refractivity contribution is 0.0964. The summed E-state index contributed by atoms with van der Waals surface area (Å²) in [4.78, 5) is 2.54. The molecule has 1 heterocycles. The SMILES string of the molecule is CC(C)CCN1CCC(CO)C1(C)C. The van der Waals surface area contributed by atoms with Gasteiger partial charge in [0, 0.05) is 18.1 Å². The van der Waals surface area contributed by atoms with Gasteiger partial charge in [-0.2, -0.15) is 0 Å². The van der Waals surface area contributed by atoms with Crippen LogP contribution in [0, 0.1) is 11.8 Å². The molecule has 2 heteroatoms. The van der Waals surface area contributed by atoms with Crippen LogP contribution in [-0.2, 0) is 0 Å². The predicted octanol–water partition coefficient (Wildman–Crippen LogP) is 2.13. The van der Waals surface area contributed by atoms with Crippen LogP contribution in [0.5, 0.6) is 0 Å². The van der Waals surface area contributed by atoms with E-state index in [4.69, 9.17) is 0 Å². The Morgan fingerprint density at radius 1 is 1.43 bits per heavy atom. The molecule has 0 amide bonds. The molecular weight excluding hydrogens is 174 g/mol. The molecule has 1 rings (SSSR count). The lowest BCUT2D eigenvalue weighted by Crippen LogP contribution is -2.44. The Hall–Kier alpha value is -0.0800. The van der Waals surface area contributed by atoms with E-state index in [1.54, 1.807) is 0 Å². The Bertz CT molecular complexity index is 177. The molecule has 0 aromatic carbocycles. The van der Waals surface area contributed by atoms with Crippen molar-refractivity contribution in [1.29, 1.82) is 0 Å². The van der Waals surface area contributed by atoms with Crippen LogP contribution in [0.15, 0.2) is 0 Å². The molecule has 0 aromatic rings. The highest BCUT2D eigenvalue weighted by Gasteiger charge is 2.40. The van der Waals surface area contributed by atoms with E-state index in [1.807, 2.05) is 0 Å². The van der Waals surface area contributed by atoms with E-state index < -0.39 is 0 Å². The van der Waals surface area contributed by atoms with Gasteiger partial charge in [-0.3, -0.25) is 4.90 Å². The van der Waals surface area contributed by atoms with Gasteiger partial charge in [0.1, 0.15) is 0 Å². The Labute approximate surface area is 88.3 Å². The highest BCUT2D eigenvalue weighted by Crippen LogP contribution is 2.34. The average molecular weight is 199 g/mol. The van der Waals surface area contributed by atoms with Crippen molar-refractivity contribution in [1.82, 2.24) is 4.90 Å². The molecule has 1 unspecified atom stereocenters. The van der Waals surface area contributed by atoms with Gasteiger partial charge in [-0.05, 0) is 45.7 Å². The summed E-state index contributed by atoms with van der Waals surface area (Å²) in [6.45, 7) is 11.7. The first kappa shape index (κ1) is 12.0. The standard InChI is InChI=1S/C12H25NO/c1-10(2)5-7-13-8-6-11(9-14)12(13,3)4/h10-11,14H,5-9H2,1-4H3. The van der Waals surface area contributed by atoms with Crippen molar-refractivity contribution in [2.75, 3.05) is 19.7 Å². The van der Waals surface area contributed by atoms with Crippen LogP contribution in [0.25, 0.3) is 0 Å². The van der Waals surface area contributed by atoms with E-state index in [0.29, 0.717) is 12.5 Å². The quantitative estimate of drug-likeness (QED) is 0.749. The highest BCUT2D eigenvalue weighted by molar-refractivity contribution is 4.94. The lowest BCUT2D eigenvalue weighted by atomic mass is 9.89. The second-order valence-electron chi connectivity index (χ2n) is 5.49. The second-order valence-corrected chi connectivity index (χ2v) is 5.49. The molecule has 1 atom stereocenters. The first-order valence-corrected chi connectivity index (χ1v) is 5.84. The number of hydrogen-bond donors (Lipinski definition) is 1. The van der Waals surface area contributed by atoms with Crippen LogP contribution >= 0.6 is 0 Å². The minimum atomic E-state index is 0.198. The van der Waals surface area contributed by atoms with Crippen LogP contribution in [0.3, 0.4) is 0 Å². The zero-order chi connectivity index (χ0) is 10.8. The van der Waals surface area contributed by atoms with E-state index in [0.717, 1.165) is 18.9 Å². The summed E-state index contributed by atoms with van der Waals surface area (Å²) >= 11 is 0. The number of nitrogens with zero attached hydrogens (tertiary/aromatic N) is 1. The number of hydrogen-bond acceptors (Lipinski definition) is 2. The van der Waals surface area contributed by atoms with Gasteiger partial charge in [0.05, 0.1) is 0 Å². The molecule has 0 radical (unpaired) electrons. The highest BCUT2D eigenvalue weighted by atomic mass is 16.3. The Balaban J connectivity index is 2.47. The zero-order valence-electron chi connectivity index (χ0n) is 10.1. The zero-order valence-corrected chi connectivity index (χ0v) is 10.1. The van der Waals surface area contributed by atoms with Gasteiger partial charge >= 0.3 is 0 Å². The molecule has 1 aliphatic rings. The fourth-order valence-corrected chi connectivity index (χ4v) is 2.34. The fourth-order valence-electron chi connectivity index (χ4n) is 2.34. The smallest absolute Gasteiger partial charge is 0.0477 e. The van der Waals surface area contributed by atoms with Crippen LogP contribution in [0.4, 0.5) is 0 Å². The summed E-state index contributed by atoms with van der Waals surface area (Å²) in [6.07, 6.45) is 2.42. The lowest BCUT2D eigenvalue weighted by Gasteiger charge is -2.35. The van der Waals surface area contributed by atoms with Gasteiger partial charge in [0.15, 0.2) is 0 Å². The monoisotopic (exact) mass is 199 g/mol. The van der Waals surface area contributed by atoms with Crippen molar-refractivity contribution < 1.29 is 5.11 Å². The number of aliphatic hydroxyl groups excluding tert-OH is 1. The van der Waals surface area contributed by atoms with Crippen molar-refractivity contribution in [3.8, 4) is 0 Å². The van der Waals surface area contributed by atoms with Gasteiger partial charge in [-0.1, -0.05) is 13.8 Å². The summed E-state index contributed by atoms with van der Waals surface area (Å²) < 4.78 is 0. The molecule has 1 fully saturated rings. The minimum absolute atomic E-state index is 0.198. The number of rotatable bonds is 4. The first-order valence-electron chi connectivity index (χ1n) is 5.84. The Kier molecular flexibility index (Phi) is 3.96. The van der Waals surface area contributed by atoms with Crippen molar-refractivity contribution in [3.63, 3.8) is 0 Å². The molecule has 0 spiro atoms. The average Bonchev–Trinajstić information content (AvgIpc) is 2.37. The number of aliphatic hydroxyl groups is 1. The van der Waals surface area contributed by atoms with E-state index in [9.17, 15) is 5.11 Å². The molecule has 0 bridgehead atoms. The van der Waals surface area contributed by atoms with Crippen LogP contribution < -0.4 is 0 Å². The summed E-state index contributed by atoms with van der Waals surface area (Å²) in [5, 5.41) is 9.27. The summed E-state index contributed by atoms with van der Waals surface area (Å²) in [7, 11) is 0. The van der Waals surface area contributed by atoms with Gasteiger partial charge in [-0.25, -0.2) is 0 Å². The van der Waals surface area contributed by atoms with Crippen molar-refractivity contribution in [2.45, 2.75) is 46.1 Å². The van der Waals surface area contributed by atoms with Crippen molar-refractivity contribution in [3.05, 3.63) is 0 Å². The molecule has 2 nitrogen and oxygen atoms in total. The van der Waals surface area contributed by atoms with Gasteiger partial charge in [0.2, 0.25) is 0 Å². The van der Waals surface area contributed by atoms with Crippen molar-refractivity contribution >= 4 is 0 Å². The third-order valence-corrected chi connectivity index (χ3v) is 3.76. The molecule has 1 aliphatic heterocycles. The molecule has 84 valence electrons. The molecule has 0 saturated carbocycles. The predicted molar refractivity (Wildman–Crippen MR) is 60.3 cm³/mol. The topological polar surface area (TPSA) is 23.5 Å². The van der Waals surface area contributed by atoms with E-state index in [2.05, 4.69) is 32.6 Å². The molecular formula is C12H25NO. The first-order chi connectivity index (χ1) is 6.48. The Morgan fingerprint density at radius 2 is 2.07 bits per heavy atom. The molecule has 1 saturated heterocycles. The summed E-state index contributed by atoms with van der Waals surface area (Å²) in [5.74, 6) is 1.24. The Morgan fingerprint density at radius 3 is 2.50 bits per heavy atom. The second kappa shape index (κ2) is 4.63. The van der Waals surface area contributed by atoms with Crippen molar-refractivity contribution in [2.24, 2.45) is 11.8 Å². The van der Waals surface area contributed by atoms with Gasteiger partial charge < -0.3 is 5.11 Å². The third-order valence-electron chi connectivity index (χ3n) is 3.76. The molecule has 1 N–H and O–H groups in total. The molecule has 0 aliphatic carbocycles. The maximum Gasteiger partial charge on any atom is 0.0477 e. The van der Waals surface area contributed by atoms with Crippen LogP contribution in [0.2, 0.25) is 0 Å². The van der Waals surface area contributed by atoms with Crippen LogP contribution in [0.1, 0.15) is 40.5 Å². The third kappa shape index (κ3) is 2.48. The van der Waals surface area contributed by atoms with E-state index in [1.165, 1.54) is 13.0 Å².